The minimum absolute atomic E-state index is 0.427. The van der Waals surface area contributed by atoms with E-state index in [1.165, 1.54) is 11.1 Å². The molecule has 0 unspecified atom stereocenters. The highest BCUT2D eigenvalue weighted by atomic mass is 16.5. The van der Waals surface area contributed by atoms with Gasteiger partial charge in [0.15, 0.2) is 0 Å². The highest BCUT2D eigenvalue weighted by Crippen LogP contribution is 2.26. The largest absolute Gasteiger partial charge is 0.497 e. The number of aromatic nitrogens is 1. The summed E-state index contributed by atoms with van der Waals surface area (Å²) in [5, 5.41) is 0. The Morgan fingerprint density at radius 2 is 2.00 bits per heavy atom. The second-order valence-electron chi connectivity index (χ2n) is 5.87. The van der Waals surface area contributed by atoms with Crippen LogP contribution in [0.2, 0.25) is 0 Å². The molecule has 22 heavy (non-hydrogen) atoms. The van der Waals surface area contributed by atoms with Gasteiger partial charge in [-0.2, -0.15) is 0 Å². The van der Waals surface area contributed by atoms with Crippen LogP contribution in [0.15, 0.2) is 48.8 Å². The normalized spacial score (nSPS) is 20.0. The van der Waals surface area contributed by atoms with Gasteiger partial charge in [-0.3, -0.25) is 14.8 Å². The maximum absolute atomic E-state index is 5.25. The molecule has 1 aromatic heterocycles. The van der Waals surface area contributed by atoms with Gasteiger partial charge in [0.05, 0.1) is 7.11 Å². The molecule has 2 aromatic rings. The van der Waals surface area contributed by atoms with Crippen molar-refractivity contribution in [1.29, 1.82) is 0 Å². The standard InChI is InChI=1S/C18H23N3O/c1-20-10-11-21(13-15-4-3-9-19-12-15)14-18(20)16-5-7-17(22-2)8-6-16/h3-9,12,18H,10-11,13-14H2,1-2H3/t18-/m0/s1. The van der Waals surface area contributed by atoms with E-state index >= 15 is 0 Å². The number of hydrogen-bond acceptors (Lipinski definition) is 4. The lowest BCUT2D eigenvalue weighted by atomic mass is 10.0. The molecular formula is C18H23N3O. The summed E-state index contributed by atoms with van der Waals surface area (Å²) >= 11 is 0. The number of piperazine rings is 1. The van der Waals surface area contributed by atoms with Crippen molar-refractivity contribution in [2.75, 3.05) is 33.8 Å². The smallest absolute Gasteiger partial charge is 0.118 e. The third-order valence-corrected chi connectivity index (χ3v) is 4.36. The van der Waals surface area contributed by atoms with E-state index in [0.29, 0.717) is 6.04 Å². The van der Waals surface area contributed by atoms with E-state index in [1.807, 2.05) is 30.6 Å². The number of hydrogen-bond donors (Lipinski definition) is 0. The molecule has 0 bridgehead atoms. The summed E-state index contributed by atoms with van der Waals surface area (Å²) in [6.45, 7) is 4.18. The van der Waals surface area contributed by atoms with Crippen LogP contribution in [0.1, 0.15) is 17.2 Å². The monoisotopic (exact) mass is 297 g/mol. The molecule has 1 atom stereocenters. The molecule has 0 N–H and O–H groups in total. The highest BCUT2D eigenvalue weighted by molar-refractivity contribution is 5.29. The van der Waals surface area contributed by atoms with E-state index in [1.54, 1.807) is 7.11 Å². The van der Waals surface area contributed by atoms with Gasteiger partial charge < -0.3 is 4.74 Å². The van der Waals surface area contributed by atoms with Gasteiger partial charge in [0.2, 0.25) is 0 Å². The second-order valence-corrected chi connectivity index (χ2v) is 5.87. The van der Waals surface area contributed by atoms with E-state index in [2.05, 4.69) is 40.0 Å². The van der Waals surface area contributed by atoms with Crippen molar-refractivity contribution in [3.05, 3.63) is 59.9 Å². The fourth-order valence-corrected chi connectivity index (χ4v) is 3.01. The highest BCUT2D eigenvalue weighted by Gasteiger charge is 2.25. The van der Waals surface area contributed by atoms with Gasteiger partial charge in [0.25, 0.3) is 0 Å². The van der Waals surface area contributed by atoms with E-state index < -0.39 is 0 Å². The lowest BCUT2D eigenvalue weighted by Crippen LogP contribution is -2.46. The molecule has 1 aliphatic rings. The Bertz CT molecular complexity index is 585. The topological polar surface area (TPSA) is 28.6 Å². The number of likely N-dealkylation sites (N-methyl/N-ethyl adjacent to an activating group) is 1. The molecule has 1 saturated heterocycles. The van der Waals surface area contributed by atoms with Crippen LogP contribution in [0, 0.1) is 0 Å². The number of ether oxygens (including phenoxy) is 1. The van der Waals surface area contributed by atoms with Gasteiger partial charge in [-0.1, -0.05) is 18.2 Å². The number of pyridine rings is 1. The molecule has 0 aliphatic carbocycles. The summed E-state index contributed by atoms with van der Waals surface area (Å²) in [5.74, 6) is 0.912. The Morgan fingerprint density at radius 1 is 1.18 bits per heavy atom. The first kappa shape index (κ1) is 15.0. The van der Waals surface area contributed by atoms with Gasteiger partial charge in [0.1, 0.15) is 5.75 Å². The molecule has 1 aliphatic heterocycles. The molecule has 0 amide bonds. The number of nitrogens with zero attached hydrogens (tertiary/aromatic N) is 3. The van der Waals surface area contributed by atoms with Crippen molar-refractivity contribution < 1.29 is 4.74 Å². The number of methoxy groups -OCH3 is 1. The first-order chi connectivity index (χ1) is 10.8. The van der Waals surface area contributed by atoms with Crippen LogP contribution in [0.5, 0.6) is 5.75 Å². The molecule has 4 heteroatoms. The summed E-state index contributed by atoms with van der Waals surface area (Å²) < 4.78 is 5.25. The fraction of sp³-hybridized carbons (Fsp3) is 0.389. The maximum Gasteiger partial charge on any atom is 0.118 e. The Labute approximate surface area is 132 Å². The molecule has 1 aromatic carbocycles. The second kappa shape index (κ2) is 6.90. The Hall–Kier alpha value is -1.91. The van der Waals surface area contributed by atoms with Crippen molar-refractivity contribution >= 4 is 0 Å². The van der Waals surface area contributed by atoms with Crippen molar-refractivity contribution in [3.8, 4) is 5.75 Å². The molecule has 3 rings (SSSR count). The Balaban J connectivity index is 1.70. The van der Waals surface area contributed by atoms with Crippen molar-refractivity contribution in [2.24, 2.45) is 0 Å². The molecule has 0 saturated carbocycles. The molecule has 0 spiro atoms. The Morgan fingerprint density at radius 3 is 2.68 bits per heavy atom. The lowest BCUT2D eigenvalue weighted by molar-refractivity contribution is 0.0904. The van der Waals surface area contributed by atoms with Gasteiger partial charge in [-0.15, -0.1) is 0 Å². The van der Waals surface area contributed by atoms with Crippen molar-refractivity contribution in [2.45, 2.75) is 12.6 Å². The predicted octanol–water partition coefficient (Wildman–Crippen LogP) is 2.58. The SMILES string of the molecule is COc1ccc([C@@H]2CN(Cc3cccnc3)CCN2C)cc1. The summed E-state index contributed by atoms with van der Waals surface area (Å²) in [4.78, 5) is 9.15. The van der Waals surface area contributed by atoms with Crippen molar-refractivity contribution in [1.82, 2.24) is 14.8 Å². The number of rotatable bonds is 4. The van der Waals surface area contributed by atoms with E-state index in [0.717, 1.165) is 31.9 Å². The van der Waals surface area contributed by atoms with E-state index in [-0.39, 0.29) is 0 Å². The van der Waals surface area contributed by atoms with Crippen LogP contribution in [0.3, 0.4) is 0 Å². The van der Waals surface area contributed by atoms with Crippen LogP contribution in [-0.2, 0) is 6.54 Å². The molecule has 0 radical (unpaired) electrons. The first-order valence-corrected chi connectivity index (χ1v) is 7.71. The Kier molecular flexibility index (Phi) is 4.71. The molecule has 116 valence electrons. The van der Waals surface area contributed by atoms with Gasteiger partial charge >= 0.3 is 0 Å². The zero-order valence-corrected chi connectivity index (χ0v) is 13.3. The molecule has 4 nitrogen and oxygen atoms in total. The summed E-state index contributed by atoms with van der Waals surface area (Å²) in [7, 11) is 3.91. The van der Waals surface area contributed by atoms with E-state index in [4.69, 9.17) is 4.74 Å². The van der Waals surface area contributed by atoms with Crippen LogP contribution in [-0.4, -0.2) is 48.6 Å². The summed E-state index contributed by atoms with van der Waals surface area (Å²) in [6.07, 6.45) is 3.79. The third kappa shape index (κ3) is 3.46. The van der Waals surface area contributed by atoms with Crippen LogP contribution < -0.4 is 4.74 Å². The lowest BCUT2D eigenvalue weighted by Gasteiger charge is -2.39. The van der Waals surface area contributed by atoms with Crippen LogP contribution >= 0.6 is 0 Å². The maximum atomic E-state index is 5.25. The molecule has 2 heterocycles. The van der Waals surface area contributed by atoms with Gasteiger partial charge in [-0.25, -0.2) is 0 Å². The zero-order chi connectivity index (χ0) is 15.4. The van der Waals surface area contributed by atoms with Crippen LogP contribution in [0.25, 0.3) is 0 Å². The van der Waals surface area contributed by atoms with Gasteiger partial charge in [0, 0.05) is 44.6 Å². The zero-order valence-electron chi connectivity index (χ0n) is 13.3. The quantitative estimate of drug-likeness (QED) is 0.867. The average molecular weight is 297 g/mol. The summed E-state index contributed by atoms with van der Waals surface area (Å²) in [5.41, 5.74) is 2.62. The van der Waals surface area contributed by atoms with E-state index in [9.17, 15) is 0 Å². The first-order valence-electron chi connectivity index (χ1n) is 7.71. The minimum atomic E-state index is 0.427. The minimum Gasteiger partial charge on any atom is -0.497 e. The predicted molar refractivity (Wildman–Crippen MR) is 87.9 cm³/mol. The molecular weight excluding hydrogens is 274 g/mol. The fourth-order valence-electron chi connectivity index (χ4n) is 3.01. The van der Waals surface area contributed by atoms with Gasteiger partial charge in [-0.05, 0) is 36.4 Å². The molecule has 1 fully saturated rings. The third-order valence-electron chi connectivity index (χ3n) is 4.36. The van der Waals surface area contributed by atoms with Crippen molar-refractivity contribution in [3.63, 3.8) is 0 Å². The average Bonchev–Trinajstić information content (AvgIpc) is 2.58. The van der Waals surface area contributed by atoms with Crippen LogP contribution in [0.4, 0.5) is 0 Å². The summed E-state index contributed by atoms with van der Waals surface area (Å²) in [6, 6.07) is 13.0. The number of benzene rings is 1.